The van der Waals surface area contributed by atoms with E-state index in [1.807, 2.05) is 0 Å². The molecule has 0 radical (unpaired) electrons. The van der Waals surface area contributed by atoms with Crippen LogP contribution in [0.2, 0.25) is 0 Å². The first-order valence-electron chi connectivity index (χ1n) is 5.70. The molecule has 0 aromatic carbocycles. The van der Waals surface area contributed by atoms with E-state index in [9.17, 15) is 13.6 Å². The predicted octanol–water partition coefficient (Wildman–Crippen LogP) is 1.15. The van der Waals surface area contributed by atoms with E-state index >= 15 is 0 Å². The van der Waals surface area contributed by atoms with Crippen LogP contribution in [0.1, 0.15) is 16.9 Å². The van der Waals surface area contributed by atoms with Crippen LogP contribution in [-0.2, 0) is 4.74 Å². The maximum atomic E-state index is 13.6. The molecule has 7 heteroatoms. The monoisotopic (exact) mass is 259 g/mol. The molecule has 2 heterocycles. The normalized spacial score (nSPS) is 23.1. The number of piperidine rings is 1. The summed E-state index contributed by atoms with van der Waals surface area (Å²) in [6.07, 6.45) is 1.12. The summed E-state index contributed by atoms with van der Waals surface area (Å²) < 4.78 is 32.0. The molecule has 1 aliphatic heterocycles. The average molecular weight is 259 g/mol. The van der Waals surface area contributed by atoms with Gasteiger partial charge in [0.2, 0.25) is 0 Å². The minimum atomic E-state index is -2.78. The Labute approximate surface area is 103 Å². The van der Waals surface area contributed by atoms with Crippen LogP contribution >= 0.6 is 0 Å². The van der Waals surface area contributed by atoms with E-state index < -0.39 is 11.8 Å². The number of halogens is 2. The van der Waals surface area contributed by atoms with E-state index in [2.05, 4.69) is 10.2 Å². The number of carbonyl (C=O) groups excluding carboxylic acids is 1. The number of aromatic amines is 1. The highest BCUT2D eigenvalue weighted by atomic mass is 19.3. The lowest BCUT2D eigenvalue weighted by Crippen LogP contribution is -2.50. The van der Waals surface area contributed by atoms with E-state index in [0.717, 1.165) is 0 Å². The highest BCUT2D eigenvalue weighted by Gasteiger charge is 2.45. The van der Waals surface area contributed by atoms with Gasteiger partial charge in [-0.1, -0.05) is 0 Å². The predicted molar refractivity (Wildman–Crippen MR) is 59.4 cm³/mol. The van der Waals surface area contributed by atoms with Crippen molar-refractivity contribution in [3.63, 3.8) is 0 Å². The molecule has 100 valence electrons. The molecule has 1 aromatic heterocycles. The number of alkyl halides is 2. The lowest BCUT2D eigenvalue weighted by molar-refractivity contribution is -0.118. The van der Waals surface area contributed by atoms with Gasteiger partial charge in [0.25, 0.3) is 11.8 Å². The van der Waals surface area contributed by atoms with Crippen molar-refractivity contribution in [1.82, 2.24) is 15.1 Å². The first-order valence-corrected chi connectivity index (χ1v) is 5.70. The number of hydrogen-bond acceptors (Lipinski definition) is 3. The molecule has 2 rings (SSSR count). The number of nitrogens with one attached hydrogen (secondary N) is 1. The third-order valence-corrected chi connectivity index (χ3v) is 3.14. The number of carbonyl (C=O) groups is 1. The molecule has 1 atom stereocenters. The van der Waals surface area contributed by atoms with Gasteiger partial charge in [-0.25, -0.2) is 8.78 Å². The fourth-order valence-corrected chi connectivity index (χ4v) is 2.08. The van der Waals surface area contributed by atoms with E-state index in [0.29, 0.717) is 5.69 Å². The van der Waals surface area contributed by atoms with Crippen molar-refractivity contribution in [3.05, 3.63) is 18.0 Å². The summed E-state index contributed by atoms with van der Waals surface area (Å²) in [5.41, 5.74) is 0.316. The van der Waals surface area contributed by atoms with Gasteiger partial charge in [-0.05, 0) is 6.07 Å². The first kappa shape index (κ1) is 12.9. The molecular formula is C11H15F2N3O2. The van der Waals surface area contributed by atoms with E-state index in [1.54, 1.807) is 0 Å². The van der Waals surface area contributed by atoms with Crippen LogP contribution in [0.25, 0.3) is 0 Å². The van der Waals surface area contributed by atoms with Gasteiger partial charge >= 0.3 is 0 Å². The molecule has 0 aliphatic carbocycles. The number of amides is 1. The average Bonchev–Trinajstić information content (AvgIpc) is 2.85. The molecule has 1 aromatic rings. The van der Waals surface area contributed by atoms with Gasteiger partial charge in [0.05, 0.1) is 12.5 Å². The van der Waals surface area contributed by atoms with Gasteiger partial charge in [-0.3, -0.25) is 9.89 Å². The van der Waals surface area contributed by atoms with Crippen LogP contribution in [0.4, 0.5) is 8.78 Å². The van der Waals surface area contributed by atoms with Crippen LogP contribution < -0.4 is 0 Å². The molecular weight excluding hydrogens is 244 g/mol. The Hall–Kier alpha value is -1.50. The molecule has 1 N–H and O–H groups in total. The zero-order chi connectivity index (χ0) is 13.2. The molecule has 1 fully saturated rings. The van der Waals surface area contributed by atoms with Crippen molar-refractivity contribution < 1.29 is 18.3 Å². The fourth-order valence-electron chi connectivity index (χ4n) is 2.08. The molecule has 0 saturated carbocycles. The number of ether oxygens (including phenoxy) is 1. The van der Waals surface area contributed by atoms with Crippen LogP contribution in [0.15, 0.2) is 12.3 Å². The van der Waals surface area contributed by atoms with Crippen molar-refractivity contribution in [2.45, 2.75) is 12.3 Å². The second-order valence-electron chi connectivity index (χ2n) is 4.38. The van der Waals surface area contributed by atoms with Crippen LogP contribution in [0, 0.1) is 5.92 Å². The number of H-pyrrole nitrogens is 1. The second kappa shape index (κ2) is 5.01. The summed E-state index contributed by atoms with van der Waals surface area (Å²) in [7, 11) is 1.38. The Morgan fingerprint density at radius 2 is 2.50 bits per heavy atom. The van der Waals surface area contributed by atoms with Crippen molar-refractivity contribution in [1.29, 1.82) is 0 Å². The topological polar surface area (TPSA) is 58.2 Å². The third-order valence-electron chi connectivity index (χ3n) is 3.14. The SMILES string of the molecule is COCC1CN(C(=O)c2ccn[nH]2)CCC1(F)F. The summed E-state index contributed by atoms with van der Waals surface area (Å²) in [6, 6.07) is 1.53. The van der Waals surface area contributed by atoms with E-state index in [-0.39, 0.29) is 32.0 Å². The van der Waals surface area contributed by atoms with Crippen molar-refractivity contribution >= 4 is 5.91 Å². The first-order chi connectivity index (χ1) is 8.54. The highest BCUT2D eigenvalue weighted by Crippen LogP contribution is 2.33. The Kier molecular flexibility index (Phi) is 3.60. The number of nitrogens with zero attached hydrogens (tertiary/aromatic N) is 2. The standard InChI is InChI=1S/C11H15F2N3O2/c1-18-7-8-6-16(5-3-11(8,12)13)10(17)9-2-4-14-15-9/h2,4,8H,3,5-7H2,1H3,(H,14,15). The van der Waals surface area contributed by atoms with Crippen molar-refractivity contribution in [2.75, 3.05) is 26.8 Å². The van der Waals surface area contributed by atoms with Crippen molar-refractivity contribution in [2.24, 2.45) is 5.92 Å². The maximum Gasteiger partial charge on any atom is 0.271 e. The summed E-state index contributed by atoms with van der Waals surface area (Å²) in [6.45, 7) is -0.0104. The highest BCUT2D eigenvalue weighted by molar-refractivity contribution is 5.92. The molecule has 0 spiro atoms. The van der Waals surface area contributed by atoms with Crippen LogP contribution in [-0.4, -0.2) is 53.7 Å². The van der Waals surface area contributed by atoms with Gasteiger partial charge in [-0.2, -0.15) is 5.10 Å². The van der Waals surface area contributed by atoms with Gasteiger partial charge in [0.15, 0.2) is 0 Å². The van der Waals surface area contributed by atoms with Gasteiger partial charge in [-0.15, -0.1) is 0 Å². The largest absolute Gasteiger partial charge is 0.384 e. The van der Waals surface area contributed by atoms with Gasteiger partial charge in [0, 0.05) is 32.8 Å². The molecule has 1 saturated heterocycles. The number of rotatable bonds is 3. The Balaban J connectivity index is 2.06. The van der Waals surface area contributed by atoms with Gasteiger partial charge in [0.1, 0.15) is 5.69 Å². The summed E-state index contributed by atoms with van der Waals surface area (Å²) in [5.74, 6) is -4.03. The lowest BCUT2D eigenvalue weighted by Gasteiger charge is -2.37. The molecule has 1 aliphatic rings. The smallest absolute Gasteiger partial charge is 0.271 e. The van der Waals surface area contributed by atoms with E-state index in [1.165, 1.54) is 24.3 Å². The quantitative estimate of drug-likeness (QED) is 0.886. The van der Waals surface area contributed by atoms with Gasteiger partial charge < -0.3 is 9.64 Å². The zero-order valence-electron chi connectivity index (χ0n) is 10.0. The maximum absolute atomic E-state index is 13.6. The Morgan fingerprint density at radius 3 is 3.11 bits per heavy atom. The molecule has 0 bridgehead atoms. The van der Waals surface area contributed by atoms with E-state index in [4.69, 9.17) is 4.74 Å². The Morgan fingerprint density at radius 1 is 1.72 bits per heavy atom. The summed E-state index contributed by atoms with van der Waals surface area (Å²) >= 11 is 0. The minimum absolute atomic E-state index is 0.00130. The molecule has 5 nitrogen and oxygen atoms in total. The number of hydrogen-bond donors (Lipinski definition) is 1. The van der Waals surface area contributed by atoms with Crippen LogP contribution in [0.3, 0.4) is 0 Å². The summed E-state index contributed by atoms with van der Waals surface area (Å²) in [5, 5.41) is 6.22. The summed E-state index contributed by atoms with van der Waals surface area (Å²) in [4.78, 5) is 13.4. The van der Waals surface area contributed by atoms with Crippen molar-refractivity contribution in [3.8, 4) is 0 Å². The number of likely N-dealkylation sites (tertiary alicyclic amines) is 1. The number of aromatic nitrogens is 2. The lowest BCUT2D eigenvalue weighted by atomic mass is 9.94. The molecule has 18 heavy (non-hydrogen) atoms. The second-order valence-corrected chi connectivity index (χ2v) is 4.38. The third kappa shape index (κ3) is 2.50. The fraction of sp³-hybridized carbons (Fsp3) is 0.636. The zero-order valence-corrected chi connectivity index (χ0v) is 10.0. The number of methoxy groups -OCH3 is 1. The molecule has 1 unspecified atom stereocenters. The Bertz CT molecular complexity index is 408. The minimum Gasteiger partial charge on any atom is -0.384 e. The molecule has 1 amide bonds. The van der Waals surface area contributed by atoms with Crippen LogP contribution in [0.5, 0.6) is 0 Å².